The molecular weight excluding hydrogens is 460 g/mol. The lowest BCUT2D eigenvalue weighted by Gasteiger charge is -2.35. The van der Waals surface area contributed by atoms with E-state index in [-0.39, 0.29) is 0 Å². The molecule has 0 unspecified atom stereocenters. The van der Waals surface area contributed by atoms with Crippen LogP contribution in [0, 0.1) is 0 Å². The predicted octanol–water partition coefficient (Wildman–Crippen LogP) is 2.77. The second kappa shape index (κ2) is 14.1. The molecule has 204 valence electrons. The van der Waals surface area contributed by atoms with Crippen molar-refractivity contribution in [3.05, 3.63) is 59.7 Å². The summed E-state index contributed by atoms with van der Waals surface area (Å²) in [4.78, 5) is 14.5. The van der Waals surface area contributed by atoms with Crippen LogP contribution in [0.15, 0.2) is 48.5 Å². The second-order valence-electron chi connectivity index (χ2n) is 11.0. The van der Waals surface area contributed by atoms with Gasteiger partial charge < -0.3 is 14.5 Å². The molecule has 37 heavy (non-hydrogen) atoms. The molecule has 0 saturated carbocycles. The first-order valence-electron chi connectivity index (χ1n) is 14.0. The molecule has 2 aliphatic heterocycles. The van der Waals surface area contributed by atoms with Crippen LogP contribution in [0.25, 0.3) is 0 Å². The molecule has 0 aliphatic carbocycles. The van der Waals surface area contributed by atoms with Crippen molar-refractivity contribution in [1.82, 2.24) is 19.6 Å². The maximum absolute atomic E-state index is 6.03. The van der Waals surface area contributed by atoms with Crippen molar-refractivity contribution in [3.8, 4) is 0 Å². The molecule has 0 spiro atoms. The van der Waals surface area contributed by atoms with Gasteiger partial charge in [-0.05, 0) is 35.4 Å². The molecule has 0 aromatic heterocycles. The fourth-order valence-electron chi connectivity index (χ4n) is 5.15. The third kappa shape index (κ3) is 8.97. The van der Waals surface area contributed by atoms with E-state index in [1.54, 1.807) is 0 Å². The molecule has 2 heterocycles. The fraction of sp³-hybridized carbons (Fsp3) is 0.600. The quantitative estimate of drug-likeness (QED) is 0.407. The minimum absolute atomic E-state index is 0.842. The highest BCUT2D eigenvalue weighted by Crippen LogP contribution is 2.16. The number of nitrogens with zero attached hydrogens (tertiary/aromatic N) is 6. The van der Waals surface area contributed by atoms with Gasteiger partial charge in [0, 0.05) is 118 Å². The monoisotopic (exact) mass is 508 g/mol. The lowest BCUT2D eigenvalue weighted by molar-refractivity contribution is 0.0510. The molecule has 4 rings (SSSR count). The Balaban J connectivity index is 1.02. The zero-order valence-corrected chi connectivity index (χ0v) is 23.6. The topological polar surface area (TPSA) is 28.7 Å². The average Bonchev–Trinajstić information content (AvgIpc) is 2.91. The Bertz CT molecular complexity index is 825. The Morgan fingerprint density at radius 3 is 1.16 bits per heavy atom. The van der Waals surface area contributed by atoms with Crippen molar-refractivity contribution in [3.63, 3.8) is 0 Å². The molecule has 2 saturated heterocycles. The minimum atomic E-state index is 0.842. The van der Waals surface area contributed by atoms with Crippen molar-refractivity contribution in [2.75, 3.05) is 117 Å². The van der Waals surface area contributed by atoms with E-state index in [1.165, 1.54) is 22.5 Å². The molecular formula is C30H48N6O. The zero-order valence-electron chi connectivity index (χ0n) is 23.6. The van der Waals surface area contributed by atoms with Crippen LogP contribution in [0.2, 0.25) is 0 Å². The number of piperazine rings is 2. The van der Waals surface area contributed by atoms with E-state index < -0.39 is 0 Å². The Morgan fingerprint density at radius 2 is 0.838 bits per heavy atom. The molecule has 0 atom stereocenters. The maximum Gasteiger partial charge on any atom is 0.0594 e. The molecule has 2 aromatic carbocycles. The molecule has 0 radical (unpaired) electrons. The summed E-state index contributed by atoms with van der Waals surface area (Å²) >= 11 is 0. The van der Waals surface area contributed by atoms with E-state index in [2.05, 4.69) is 106 Å². The summed E-state index contributed by atoms with van der Waals surface area (Å²) in [6.45, 7) is 15.0. The van der Waals surface area contributed by atoms with E-state index >= 15 is 0 Å². The lowest BCUT2D eigenvalue weighted by Crippen LogP contribution is -2.47. The van der Waals surface area contributed by atoms with Gasteiger partial charge in [0.2, 0.25) is 0 Å². The van der Waals surface area contributed by atoms with E-state index in [4.69, 9.17) is 4.74 Å². The molecule has 2 aromatic rings. The molecule has 2 fully saturated rings. The van der Waals surface area contributed by atoms with Crippen LogP contribution < -0.4 is 9.80 Å². The Morgan fingerprint density at radius 1 is 0.514 bits per heavy atom. The van der Waals surface area contributed by atoms with Crippen LogP contribution in [0.3, 0.4) is 0 Å². The smallest absolute Gasteiger partial charge is 0.0594 e. The summed E-state index contributed by atoms with van der Waals surface area (Å²) in [5.74, 6) is 0. The summed E-state index contributed by atoms with van der Waals surface area (Å²) in [5, 5.41) is 0. The van der Waals surface area contributed by atoms with Crippen LogP contribution in [0.1, 0.15) is 11.1 Å². The van der Waals surface area contributed by atoms with Crippen LogP contribution in [-0.2, 0) is 17.8 Å². The lowest BCUT2D eigenvalue weighted by atomic mass is 10.1. The third-order valence-electron chi connectivity index (χ3n) is 7.75. The van der Waals surface area contributed by atoms with Crippen molar-refractivity contribution in [2.24, 2.45) is 0 Å². The molecule has 0 N–H and O–H groups in total. The summed E-state index contributed by atoms with van der Waals surface area (Å²) in [6.07, 6.45) is 0. The van der Waals surface area contributed by atoms with Gasteiger partial charge in [0.05, 0.1) is 13.2 Å². The first kappa shape index (κ1) is 27.9. The number of hydrogen-bond acceptors (Lipinski definition) is 7. The van der Waals surface area contributed by atoms with Crippen molar-refractivity contribution < 1.29 is 4.74 Å². The zero-order chi connectivity index (χ0) is 26.0. The van der Waals surface area contributed by atoms with Gasteiger partial charge >= 0.3 is 0 Å². The number of hydrogen-bond donors (Lipinski definition) is 0. The van der Waals surface area contributed by atoms with Gasteiger partial charge in [0.1, 0.15) is 0 Å². The Labute approximate surface area is 225 Å². The Kier molecular flexibility index (Phi) is 10.6. The van der Waals surface area contributed by atoms with E-state index in [1.807, 2.05) is 0 Å². The SMILES string of the molecule is CN(C)c1ccc(CN2CCN(CCOCCN3CCN(Cc4ccc(N(C)C)cc4)CC3)CC2)cc1. The second-order valence-corrected chi connectivity index (χ2v) is 11.0. The van der Waals surface area contributed by atoms with E-state index in [9.17, 15) is 0 Å². The number of rotatable bonds is 12. The molecule has 2 aliphatic rings. The van der Waals surface area contributed by atoms with Gasteiger partial charge in [-0.1, -0.05) is 24.3 Å². The summed E-state index contributed by atoms with van der Waals surface area (Å²) in [5.41, 5.74) is 5.33. The van der Waals surface area contributed by atoms with Gasteiger partial charge in [-0.15, -0.1) is 0 Å². The maximum atomic E-state index is 6.03. The highest BCUT2D eigenvalue weighted by Gasteiger charge is 2.18. The van der Waals surface area contributed by atoms with Gasteiger partial charge in [-0.25, -0.2) is 0 Å². The number of benzene rings is 2. The highest BCUT2D eigenvalue weighted by atomic mass is 16.5. The molecule has 7 nitrogen and oxygen atoms in total. The molecule has 0 amide bonds. The summed E-state index contributed by atoms with van der Waals surface area (Å²) in [6, 6.07) is 17.9. The van der Waals surface area contributed by atoms with Crippen LogP contribution in [-0.4, -0.2) is 126 Å². The number of anilines is 2. The normalized spacial score (nSPS) is 18.3. The van der Waals surface area contributed by atoms with E-state index in [0.29, 0.717) is 0 Å². The Hall–Kier alpha value is -2.16. The van der Waals surface area contributed by atoms with E-state index in [0.717, 1.165) is 91.8 Å². The highest BCUT2D eigenvalue weighted by molar-refractivity contribution is 5.46. The van der Waals surface area contributed by atoms with Crippen LogP contribution >= 0.6 is 0 Å². The predicted molar refractivity (Wildman–Crippen MR) is 156 cm³/mol. The minimum Gasteiger partial charge on any atom is -0.379 e. The molecule has 7 heteroatoms. The van der Waals surface area contributed by atoms with Crippen molar-refractivity contribution >= 4 is 11.4 Å². The number of ether oxygens (including phenoxy) is 1. The van der Waals surface area contributed by atoms with Gasteiger partial charge in [-0.2, -0.15) is 0 Å². The largest absolute Gasteiger partial charge is 0.379 e. The first-order valence-corrected chi connectivity index (χ1v) is 14.0. The van der Waals surface area contributed by atoms with Crippen LogP contribution in [0.4, 0.5) is 11.4 Å². The summed E-state index contributed by atoms with van der Waals surface area (Å²) < 4.78 is 6.03. The average molecular weight is 509 g/mol. The fourth-order valence-corrected chi connectivity index (χ4v) is 5.15. The van der Waals surface area contributed by atoms with Gasteiger partial charge in [0.15, 0.2) is 0 Å². The van der Waals surface area contributed by atoms with Crippen molar-refractivity contribution in [1.29, 1.82) is 0 Å². The van der Waals surface area contributed by atoms with Crippen molar-refractivity contribution in [2.45, 2.75) is 13.1 Å². The summed E-state index contributed by atoms with van der Waals surface area (Å²) in [7, 11) is 8.36. The van der Waals surface area contributed by atoms with Crippen LogP contribution in [0.5, 0.6) is 0 Å². The van der Waals surface area contributed by atoms with Gasteiger partial charge in [-0.3, -0.25) is 19.6 Å². The third-order valence-corrected chi connectivity index (χ3v) is 7.75. The first-order chi connectivity index (χ1) is 18.0. The van der Waals surface area contributed by atoms with Gasteiger partial charge in [0.25, 0.3) is 0 Å². The molecule has 0 bridgehead atoms. The standard InChI is InChI=1S/C30H48N6O/c1-31(2)29-9-5-27(6-10-29)25-35-17-13-33(14-18-35)21-23-37-24-22-34-15-19-36(20-16-34)26-28-7-11-30(12-8-28)32(3)4/h5-12H,13-26H2,1-4H3.